The van der Waals surface area contributed by atoms with Gasteiger partial charge in [0.15, 0.2) is 5.43 Å². The van der Waals surface area contributed by atoms with Gasteiger partial charge in [-0.25, -0.2) is 0 Å². The third-order valence-corrected chi connectivity index (χ3v) is 3.48. The number of fused-ring (bicyclic) bond motifs is 5. The van der Waals surface area contributed by atoms with E-state index in [1.165, 1.54) is 0 Å². The van der Waals surface area contributed by atoms with Crippen LogP contribution in [0.4, 0.5) is 0 Å². The van der Waals surface area contributed by atoms with E-state index in [4.69, 9.17) is 4.42 Å². The molecule has 0 amide bonds. The lowest BCUT2D eigenvalue weighted by molar-refractivity contribution is 0.669. The van der Waals surface area contributed by atoms with Gasteiger partial charge in [-0.1, -0.05) is 18.2 Å². The number of pyridine rings is 1. The van der Waals surface area contributed by atoms with Crippen LogP contribution >= 0.6 is 0 Å². The van der Waals surface area contributed by atoms with Gasteiger partial charge >= 0.3 is 0 Å². The Balaban J connectivity index is 2.39. The van der Waals surface area contributed by atoms with E-state index in [0.717, 1.165) is 33.1 Å². The van der Waals surface area contributed by atoms with Gasteiger partial charge < -0.3 is 9.40 Å². The normalized spacial score (nSPS) is 11.6. The van der Waals surface area contributed by atoms with Gasteiger partial charge in [0.05, 0.1) is 10.9 Å². The average Bonchev–Trinajstić information content (AvgIpc) is 2.77. The number of rotatable bonds is 0. The first-order valence-corrected chi connectivity index (χ1v) is 6.18. The standard InChI is InChI=1S/C16H11NO2/c1-9-8-12(18)10-6-7-14-15(16(10)17-9)11-4-2-3-5-13(11)19-14/h2-8H,1H3,(H,17,18). The molecule has 0 aliphatic rings. The number of furan rings is 1. The quantitative estimate of drug-likeness (QED) is 0.516. The van der Waals surface area contributed by atoms with Crippen molar-refractivity contribution in [2.45, 2.75) is 6.92 Å². The number of H-pyrrole nitrogens is 1. The van der Waals surface area contributed by atoms with Crippen molar-refractivity contribution in [3.63, 3.8) is 0 Å². The van der Waals surface area contributed by atoms with E-state index in [9.17, 15) is 4.79 Å². The summed E-state index contributed by atoms with van der Waals surface area (Å²) in [7, 11) is 0. The predicted molar refractivity (Wildman–Crippen MR) is 76.6 cm³/mol. The second kappa shape index (κ2) is 3.48. The molecule has 0 saturated heterocycles. The maximum absolute atomic E-state index is 12.1. The number of para-hydroxylation sites is 1. The first kappa shape index (κ1) is 10.4. The summed E-state index contributed by atoms with van der Waals surface area (Å²) < 4.78 is 5.82. The van der Waals surface area contributed by atoms with Crippen LogP contribution in [0.5, 0.6) is 0 Å². The zero-order valence-corrected chi connectivity index (χ0v) is 10.4. The molecule has 3 nitrogen and oxygen atoms in total. The summed E-state index contributed by atoms with van der Waals surface area (Å²) in [5, 5.41) is 2.71. The van der Waals surface area contributed by atoms with Gasteiger partial charge in [-0.3, -0.25) is 4.79 Å². The molecule has 0 radical (unpaired) electrons. The van der Waals surface area contributed by atoms with Crippen molar-refractivity contribution < 1.29 is 4.42 Å². The van der Waals surface area contributed by atoms with Crippen LogP contribution < -0.4 is 5.43 Å². The first-order chi connectivity index (χ1) is 9.24. The van der Waals surface area contributed by atoms with Gasteiger partial charge in [-0.05, 0) is 25.1 Å². The fraction of sp³-hybridized carbons (Fsp3) is 0.0625. The lowest BCUT2D eigenvalue weighted by atomic mass is 10.1. The number of benzene rings is 2. The smallest absolute Gasteiger partial charge is 0.189 e. The minimum atomic E-state index is 0.0402. The highest BCUT2D eigenvalue weighted by Gasteiger charge is 2.11. The van der Waals surface area contributed by atoms with Crippen molar-refractivity contribution in [3.8, 4) is 0 Å². The molecule has 0 unspecified atom stereocenters. The summed E-state index contributed by atoms with van der Waals surface area (Å²) in [6.45, 7) is 1.89. The third-order valence-electron chi connectivity index (χ3n) is 3.48. The zero-order valence-electron chi connectivity index (χ0n) is 10.4. The molecule has 0 atom stereocenters. The molecular formula is C16H11NO2. The minimum Gasteiger partial charge on any atom is -0.456 e. The van der Waals surface area contributed by atoms with Crippen molar-refractivity contribution in [3.05, 3.63) is 58.4 Å². The molecule has 92 valence electrons. The lowest BCUT2D eigenvalue weighted by Crippen LogP contribution is -2.02. The van der Waals surface area contributed by atoms with E-state index in [1.54, 1.807) is 6.07 Å². The molecule has 0 aliphatic heterocycles. The molecule has 0 saturated carbocycles. The van der Waals surface area contributed by atoms with E-state index in [1.807, 2.05) is 43.3 Å². The highest BCUT2D eigenvalue weighted by Crippen LogP contribution is 2.32. The zero-order chi connectivity index (χ0) is 13.0. The largest absolute Gasteiger partial charge is 0.456 e. The predicted octanol–water partition coefficient (Wildman–Crippen LogP) is 3.74. The molecule has 1 N–H and O–H groups in total. The number of hydrogen-bond donors (Lipinski definition) is 1. The van der Waals surface area contributed by atoms with Crippen LogP contribution in [0.2, 0.25) is 0 Å². The summed E-state index contributed by atoms with van der Waals surface area (Å²) >= 11 is 0. The molecule has 4 aromatic rings. The summed E-state index contributed by atoms with van der Waals surface area (Å²) in [5.74, 6) is 0. The Labute approximate surface area is 108 Å². The topological polar surface area (TPSA) is 46.0 Å². The fourth-order valence-electron chi connectivity index (χ4n) is 2.66. The Morgan fingerprint density at radius 1 is 1.00 bits per heavy atom. The molecular weight excluding hydrogens is 238 g/mol. The molecule has 2 heterocycles. The second-order valence-corrected chi connectivity index (χ2v) is 4.78. The maximum atomic E-state index is 12.1. The van der Waals surface area contributed by atoms with Crippen LogP contribution in [0.1, 0.15) is 5.69 Å². The van der Waals surface area contributed by atoms with Crippen molar-refractivity contribution in [2.75, 3.05) is 0 Å². The van der Waals surface area contributed by atoms with E-state index in [2.05, 4.69) is 4.98 Å². The average molecular weight is 249 g/mol. The molecule has 3 heteroatoms. The van der Waals surface area contributed by atoms with Gasteiger partial charge in [-0.2, -0.15) is 0 Å². The summed E-state index contributed by atoms with van der Waals surface area (Å²) in [4.78, 5) is 15.3. The van der Waals surface area contributed by atoms with Crippen LogP contribution in [-0.4, -0.2) is 4.98 Å². The number of aromatic amines is 1. The Morgan fingerprint density at radius 3 is 2.74 bits per heavy atom. The third kappa shape index (κ3) is 1.35. The molecule has 0 bridgehead atoms. The van der Waals surface area contributed by atoms with Crippen LogP contribution in [0.15, 0.2) is 51.7 Å². The SMILES string of the molecule is Cc1cc(=O)c2ccc3oc4ccccc4c3c2[nH]1. The van der Waals surface area contributed by atoms with Crippen molar-refractivity contribution in [1.82, 2.24) is 4.98 Å². The van der Waals surface area contributed by atoms with Gasteiger partial charge in [-0.15, -0.1) is 0 Å². The van der Waals surface area contributed by atoms with Crippen molar-refractivity contribution in [2.24, 2.45) is 0 Å². The monoisotopic (exact) mass is 249 g/mol. The summed E-state index contributed by atoms with van der Waals surface area (Å²) in [6.07, 6.45) is 0. The van der Waals surface area contributed by atoms with Crippen LogP contribution in [0.3, 0.4) is 0 Å². The van der Waals surface area contributed by atoms with Crippen LogP contribution in [0, 0.1) is 6.92 Å². The second-order valence-electron chi connectivity index (χ2n) is 4.78. The molecule has 2 aromatic heterocycles. The van der Waals surface area contributed by atoms with Crippen LogP contribution in [-0.2, 0) is 0 Å². The van der Waals surface area contributed by atoms with Gasteiger partial charge in [0.1, 0.15) is 11.2 Å². The summed E-state index contributed by atoms with van der Waals surface area (Å²) in [6, 6.07) is 13.2. The Morgan fingerprint density at radius 2 is 1.84 bits per heavy atom. The highest BCUT2D eigenvalue weighted by molar-refractivity contribution is 6.17. The lowest BCUT2D eigenvalue weighted by Gasteiger charge is -2.01. The number of aromatic nitrogens is 1. The Hall–Kier alpha value is -2.55. The Kier molecular flexibility index (Phi) is 1.90. The number of aryl methyl sites for hydroxylation is 1. The molecule has 2 aromatic carbocycles. The van der Waals surface area contributed by atoms with Crippen molar-refractivity contribution in [1.29, 1.82) is 0 Å². The molecule has 0 fully saturated rings. The molecule has 4 rings (SSSR count). The van der Waals surface area contributed by atoms with E-state index >= 15 is 0 Å². The Bertz CT molecular complexity index is 992. The van der Waals surface area contributed by atoms with E-state index < -0.39 is 0 Å². The number of hydrogen-bond acceptors (Lipinski definition) is 2. The summed E-state index contributed by atoms with van der Waals surface area (Å²) in [5.41, 5.74) is 3.39. The van der Waals surface area contributed by atoms with Crippen molar-refractivity contribution >= 4 is 32.8 Å². The highest BCUT2D eigenvalue weighted by atomic mass is 16.3. The first-order valence-electron chi connectivity index (χ1n) is 6.18. The van der Waals surface area contributed by atoms with E-state index in [0.29, 0.717) is 5.39 Å². The van der Waals surface area contributed by atoms with E-state index in [-0.39, 0.29) is 5.43 Å². The van der Waals surface area contributed by atoms with Gasteiger partial charge in [0.25, 0.3) is 0 Å². The fourth-order valence-corrected chi connectivity index (χ4v) is 2.66. The molecule has 0 aliphatic carbocycles. The number of nitrogens with one attached hydrogen (secondary N) is 1. The molecule has 0 spiro atoms. The molecule has 19 heavy (non-hydrogen) atoms. The van der Waals surface area contributed by atoms with Gasteiger partial charge in [0.2, 0.25) is 0 Å². The van der Waals surface area contributed by atoms with Gasteiger partial charge in [0, 0.05) is 22.5 Å². The van der Waals surface area contributed by atoms with Crippen LogP contribution in [0.25, 0.3) is 32.8 Å². The minimum absolute atomic E-state index is 0.0402. The maximum Gasteiger partial charge on any atom is 0.189 e.